The van der Waals surface area contributed by atoms with E-state index in [1.54, 1.807) is 0 Å². The van der Waals surface area contributed by atoms with Gasteiger partial charge in [-0.3, -0.25) is 0 Å². The average Bonchev–Trinajstić information content (AvgIpc) is 1.77. The topological polar surface area (TPSA) is 0 Å². The zero-order valence-electron chi connectivity index (χ0n) is 6.13. The summed E-state index contributed by atoms with van der Waals surface area (Å²) in [5.41, 5.74) is 0. The Labute approximate surface area is 117 Å². The molecule has 0 aliphatic heterocycles. The molecule has 0 aliphatic rings. The van der Waals surface area contributed by atoms with Crippen molar-refractivity contribution in [2.45, 2.75) is 9.79 Å². The fourth-order valence-electron chi connectivity index (χ4n) is 0.450. The van der Waals surface area contributed by atoms with Crippen molar-refractivity contribution in [3.63, 3.8) is 0 Å². The molecule has 0 bridgehead atoms. The summed E-state index contributed by atoms with van der Waals surface area (Å²) < 4.78 is 0. The van der Waals surface area contributed by atoms with E-state index in [9.17, 15) is 0 Å². The van der Waals surface area contributed by atoms with Crippen LogP contribution in [0.2, 0.25) is 0 Å². The summed E-state index contributed by atoms with van der Waals surface area (Å²) in [6.45, 7) is 0. The molecular formula is C6H4Na2S2. The van der Waals surface area contributed by atoms with Crippen molar-refractivity contribution in [1.29, 1.82) is 0 Å². The minimum absolute atomic E-state index is 0. The molecule has 0 saturated heterocycles. The standard InChI is InChI=1S/C6H6S2.2Na/c7-5-3-1-2-4-6(5)8;;/h1-4,7-8H;;/q;2*+1/p-2. The van der Waals surface area contributed by atoms with Gasteiger partial charge in [0.25, 0.3) is 0 Å². The molecule has 0 N–H and O–H groups in total. The van der Waals surface area contributed by atoms with E-state index in [0.29, 0.717) is 0 Å². The Morgan fingerprint density at radius 2 is 1.10 bits per heavy atom. The summed E-state index contributed by atoms with van der Waals surface area (Å²) in [7, 11) is 0. The quantitative estimate of drug-likeness (QED) is 0.296. The Kier molecular flexibility index (Phi) is 10.4. The normalized spacial score (nSPS) is 7.20. The van der Waals surface area contributed by atoms with E-state index in [4.69, 9.17) is 25.3 Å². The van der Waals surface area contributed by atoms with Gasteiger partial charge in [-0.1, -0.05) is 24.3 Å². The van der Waals surface area contributed by atoms with Crippen molar-refractivity contribution in [1.82, 2.24) is 0 Å². The summed E-state index contributed by atoms with van der Waals surface area (Å²) >= 11 is 9.70. The minimum Gasteiger partial charge on any atom is -0.781 e. The molecule has 0 spiro atoms. The fraction of sp³-hybridized carbons (Fsp3) is 0. The van der Waals surface area contributed by atoms with Gasteiger partial charge in [-0.05, 0) is 0 Å². The summed E-state index contributed by atoms with van der Waals surface area (Å²) in [4.78, 5) is 1.53. The van der Waals surface area contributed by atoms with Crippen molar-refractivity contribution >= 4 is 25.3 Å². The van der Waals surface area contributed by atoms with E-state index in [2.05, 4.69) is 0 Å². The third-order valence-corrected chi connectivity index (χ3v) is 1.69. The molecule has 0 aliphatic carbocycles. The first kappa shape index (κ1) is 14.2. The molecule has 0 saturated carbocycles. The predicted molar refractivity (Wildman–Crippen MR) is 37.7 cm³/mol. The molecule has 0 unspecified atom stereocenters. The molecular weight excluding hydrogens is 182 g/mol. The Morgan fingerprint density at radius 1 is 0.800 bits per heavy atom. The molecule has 1 aromatic rings. The molecule has 4 heteroatoms. The molecule has 0 nitrogen and oxygen atoms in total. The van der Waals surface area contributed by atoms with Gasteiger partial charge in [-0.15, -0.1) is 0 Å². The van der Waals surface area contributed by atoms with Crippen molar-refractivity contribution in [2.75, 3.05) is 0 Å². The fourth-order valence-corrected chi connectivity index (χ4v) is 0.743. The molecule has 0 atom stereocenters. The van der Waals surface area contributed by atoms with Gasteiger partial charge >= 0.3 is 59.1 Å². The first-order valence-electron chi connectivity index (χ1n) is 2.24. The van der Waals surface area contributed by atoms with Gasteiger partial charge in [-0.25, -0.2) is 0 Å². The summed E-state index contributed by atoms with van der Waals surface area (Å²) in [5.74, 6) is 0. The molecule has 1 aromatic carbocycles. The smallest absolute Gasteiger partial charge is 0.781 e. The Bertz CT molecular complexity index is 170. The van der Waals surface area contributed by atoms with Crippen LogP contribution in [0, 0.1) is 0 Å². The van der Waals surface area contributed by atoms with Gasteiger partial charge in [0.2, 0.25) is 0 Å². The minimum atomic E-state index is 0. The number of hydrogen-bond acceptors (Lipinski definition) is 2. The van der Waals surface area contributed by atoms with Crippen LogP contribution in [0.4, 0.5) is 0 Å². The molecule has 0 aromatic heterocycles. The van der Waals surface area contributed by atoms with Crippen LogP contribution in [0.25, 0.3) is 0 Å². The van der Waals surface area contributed by atoms with Crippen LogP contribution in [0.15, 0.2) is 34.1 Å². The summed E-state index contributed by atoms with van der Waals surface area (Å²) in [6.07, 6.45) is 0. The van der Waals surface area contributed by atoms with Crippen LogP contribution < -0.4 is 59.1 Å². The van der Waals surface area contributed by atoms with Gasteiger partial charge in [0, 0.05) is 0 Å². The van der Waals surface area contributed by atoms with E-state index in [1.165, 1.54) is 0 Å². The third-order valence-electron chi connectivity index (χ3n) is 0.849. The second-order valence-corrected chi connectivity index (χ2v) is 2.33. The monoisotopic (exact) mass is 186 g/mol. The molecule has 42 valence electrons. The maximum absolute atomic E-state index is 4.85. The van der Waals surface area contributed by atoms with Crippen molar-refractivity contribution in [3.8, 4) is 0 Å². The Hall–Kier alpha value is 1.66. The second kappa shape index (κ2) is 7.32. The molecule has 0 radical (unpaired) electrons. The van der Waals surface area contributed by atoms with Gasteiger partial charge in [0.05, 0.1) is 0 Å². The largest absolute Gasteiger partial charge is 1.00 e. The molecule has 0 amide bonds. The van der Waals surface area contributed by atoms with Crippen molar-refractivity contribution in [3.05, 3.63) is 24.3 Å². The maximum atomic E-state index is 4.85. The van der Waals surface area contributed by atoms with Crippen LogP contribution in [-0.2, 0) is 25.3 Å². The zero-order valence-corrected chi connectivity index (χ0v) is 11.8. The average molecular weight is 186 g/mol. The van der Waals surface area contributed by atoms with Gasteiger partial charge < -0.3 is 25.3 Å². The summed E-state index contributed by atoms with van der Waals surface area (Å²) in [5, 5.41) is 0. The zero-order chi connectivity index (χ0) is 5.98. The first-order valence-corrected chi connectivity index (χ1v) is 3.05. The maximum Gasteiger partial charge on any atom is 1.00 e. The van der Waals surface area contributed by atoms with Crippen molar-refractivity contribution in [2.24, 2.45) is 0 Å². The van der Waals surface area contributed by atoms with E-state index < -0.39 is 0 Å². The molecule has 10 heavy (non-hydrogen) atoms. The molecule has 0 heterocycles. The number of rotatable bonds is 0. The van der Waals surface area contributed by atoms with E-state index in [1.807, 2.05) is 24.3 Å². The van der Waals surface area contributed by atoms with Gasteiger partial charge in [0.15, 0.2) is 0 Å². The van der Waals surface area contributed by atoms with Gasteiger partial charge in [-0.2, -0.15) is 9.79 Å². The SMILES string of the molecule is [Na+].[Na+].[S-]c1ccccc1[S-]. The number of hydrogen-bond donors (Lipinski definition) is 0. The molecule has 0 fully saturated rings. The van der Waals surface area contributed by atoms with Gasteiger partial charge in [0.1, 0.15) is 0 Å². The van der Waals surface area contributed by atoms with Crippen LogP contribution in [0.1, 0.15) is 0 Å². The van der Waals surface area contributed by atoms with Crippen LogP contribution in [-0.4, -0.2) is 0 Å². The third kappa shape index (κ3) is 4.52. The number of benzene rings is 1. The molecule has 1 rings (SSSR count). The Morgan fingerprint density at radius 3 is 1.30 bits per heavy atom. The Balaban J connectivity index is 0. The van der Waals surface area contributed by atoms with E-state index in [-0.39, 0.29) is 59.1 Å². The van der Waals surface area contributed by atoms with E-state index in [0.717, 1.165) is 9.79 Å². The van der Waals surface area contributed by atoms with Crippen LogP contribution >= 0.6 is 0 Å². The second-order valence-electron chi connectivity index (χ2n) is 1.45. The summed E-state index contributed by atoms with van der Waals surface area (Å²) in [6, 6.07) is 7.44. The van der Waals surface area contributed by atoms with Crippen LogP contribution in [0.3, 0.4) is 0 Å². The van der Waals surface area contributed by atoms with E-state index >= 15 is 0 Å². The van der Waals surface area contributed by atoms with Crippen LogP contribution in [0.5, 0.6) is 0 Å². The van der Waals surface area contributed by atoms with Crippen molar-refractivity contribution < 1.29 is 59.1 Å². The first-order chi connectivity index (χ1) is 3.80. The predicted octanol–water partition coefficient (Wildman–Crippen LogP) is -4.49.